The Bertz CT molecular complexity index is 905. The summed E-state index contributed by atoms with van der Waals surface area (Å²) in [5, 5.41) is 23.5. The topological polar surface area (TPSA) is 88.6 Å². The molecule has 7 heteroatoms. The van der Waals surface area contributed by atoms with Gasteiger partial charge in [-0.25, -0.2) is 0 Å². The highest BCUT2D eigenvalue weighted by Gasteiger charge is 2.11. The Morgan fingerprint density at radius 2 is 1.96 bits per heavy atom. The zero-order valence-electron chi connectivity index (χ0n) is 12.6. The summed E-state index contributed by atoms with van der Waals surface area (Å²) in [4.78, 5) is 4.22. The van der Waals surface area contributed by atoms with Gasteiger partial charge in [0.1, 0.15) is 5.75 Å². The number of benzene rings is 2. The van der Waals surface area contributed by atoms with Crippen molar-refractivity contribution in [3.63, 3.8) is 0 Å². The van der Waals surface area contributed by atoms with Crippen LogP contribution in [0.5, 0.6) is 17.2 Å². The van der Waals surface area contributed by atoms with Crippen LogP contribution in [0.3, 0.4) is 0 Å². The summed E-state index contributed by atoms with van der Waals surface area (Å²) in [6, 6.07) is 10.1. The molecule has 0 atom stereocenters. The number of aromatic nitrogens is 2. The Hall–Kier alpha value is -2.80. The minimum absolute atomic E-state index is 0.0380. The van der Waals surface area contributed by atoms with E-state index in [4.69, 9.17) is 9.26 Å². The maximum atomic E-state index is 9.81. The minimum Gasteiger partial charge on any atom is -0.507 e. The second-order valence-corrected chi connectivity index (χ2v) is 5.72. The van der Waals surface area contributed by atoms with Gasteiger partial charge in [-0.05, 0) is 51.8 Å². The molecule has 0 aliphatic heterocycles. The molecular formula is C17H13BrN2O4. The maximum Gasteiger partial charge on any atom is 0.261 e. The van der Waals surface area contributed by atoms with E-state index >= 15 is 0 Å². The number of para-hydroxylation sites is 1. The first-order chi connectivity index (χ1) is 11.6. The van der Waals surface area contributed by atoms with Gasteiger partial charge >= 0.3 is 0 Å². The van der Waals surface area contributed by atoms with Gasteiger partial charge in [-0.2, -0.15) is 4.98 Å². The number of aromatic hydroxyl groups is 2. The lowest BCUT2D eigenvalue weighted by Gasteiger charge is -2.06. The molecule has 0 fully saturated rings. The Kier molecular flexibility index (Phi) is 4.52. The lowest BCUT2D eigenvalue weighted by molar-refractivity contribution is 0.372. The van der Waals surface area contributed by atoms with Crippen LogP contribution in [0.2, 0.25) is 0 Å². The van der Waals surface area contributed by atoms with Gasteiger partial charge in [-0.15, -0.1) is 0 Å². The number of phenolic OH excluding ortho intramolecular Hbond substituents is 2. The molecule has 1 aromatic heterocycles. The third kappa shape index (κ3) is 3.26. The van der Waals surface area contributed by atoms with Gasteiger partial charge in [0.05, 0.1) is 17.1 Å². The number of hydrogen-bond donors (Lipinski definition) is 2. The summed E-state index contributed by atoms with van der Waals surface area (Å²) in [5.41, 5.74) is 1.25. The Morgan fingerprint density at radius 1 is 1.17 bits per heavy atom. The fraction of sp³-hybridized carbons (Fsp3) is 0.0588. The monoisotopic (exact) mass is 388 g/mol. The van der Waals surface area contributed by atoms with Gasteiger partial charge in [0.15, 0.2) is 17.3 Å². The summed E-state index contributed by atoms with van der Waals surface area (Å²) in [5.74, 6) is 1.06. The second kappa shape index (κ2) is 6.76. The van der Waals surface area contributed by atoms with Crippen LogP contribution >= 0.6 is 15.9 Å². The van der Waals surface area contributed by atoms with Crippen LogP contribution in [0, 0.1) is 0 Å². The van der Waals surface area contributed by atoms with Gasteiger partial charge in [0.25, 0.3) is 5.89 Å². The largest absolute Gasteiger partial charge is 0.507 e. The summed E-state index contributed by atoms with van der Waals surface area (Å²) >= 11 is 3.27. The van der Waals surface area contributed by atoms with E-state index in [0.29, 0.717) is 21.6 Å². The van der Waals surface area contributed by atoms with Crippen molar-refractivity contribution in [2.75, 3.05) is 7.11 Å². The average Bonchev–Trinajstić information content (AvgIpc) is 3.05. The zero-order chi connectivity index (χ0) is 17.1. The van der Waals surface area contributed by atoms with E-state index < -0.39 is 0 Å². The molecule has 2 aromatic carbocycles. The number of ether oxygens (including phenoxy) is 1. The molecule has 0 bridgehead atoms. The van der Waals surface area contributed by atoms with Crippen molar-refractivity contribution in [3.8, 4) is 28.7 Å². The highest BCUT2D eigenvalue weighted by molar-refractivity contribution is 9.10. The van der Waals surface area contributed by atoms with Crippen LogP contribution in [0.15, 0.2) is 45.4 Å². The SMILES string of the molecule is COc1cc(/C=C/c2noc(-c3ccccc3O)n2)cc(Br)c1O. The highest BCUT2D eigenvalue weighted by Crippen LogP contribution is 2.35. The van der Waals surface area contributed by atoms with Crippen LogP contribution in [0.4, 0.5) is 0 Å². The number of hydrogen-bond acceptors (Lipinski definition) is 6. The number of rotatable bonds is 4. The fourth-order valence-corrected chi connectivity index (χ4v) is 2.54. The van der Waals surface area contributed by atoms with Crippen molar-refractivity contribution in [1.29, 1.82) is 0 Å². The summed E-state index contributed by atoms with van der Waals surface area (Å²) in [7, 11) is 1.48. The van der Waals surface area contributed by atoms with Gasteiger partial charge in [-0.1, -0.05) is 23.4 Å². The lowest BCUT2D eigenvalue weighted by atomic mass is 10.2. The van der Waals surface area contributed by atoms with Crippen LogP contribution in [0.25, 0.3) is 23.6 Å². The Morgan fingerprint density at radius 3 is 2.71 bits per heavy atom. The molecule has 0 spiro atoms. The summed E-state index contributed by atoms with van der Waals surface area (Å²) < 4.78 is 10.8. The maximum absolute atomic E-state index is 9.81. The number of nitrogens with zero attached hydrogens (tertiary/aromatic N) is 2. The van der Waals surface area contributed by atoms with Gasteiger partial charge in [-0.3, -0.25) is 0 Å². The minimum atomic E-state index is 0.0380. The average molecular weight is 389 g/mol. The Balaban J connectivity index is 1.86. The highest BCUT2D eigenvalue weighted by atomic mass is 79.9. The van der Waals surface area contributed by atoms with E-state index in [0.717, 1.165) is 5.56 Å². The van der Waals surface area contributed by atoms with Crippen LogP contribution in [-0.4, -0.2) is 27.5 Å². The molecule has 122 valence electrons. The molecule has 0 saturated carbocycles. The molecule has 1 heterocycles. The third-order valence-corrected chi connectivity index (χ3v) is 3.88. The molecule has 6 nitrogen and oxygen atoms in total. The van der Waals surface area contributed by atoms with E-state index in [2.05, 4.69) is 26.1 Å². The summed E-state index contributed by atoms with van der Waals surface area (Å²) in [6.45, 7) is 0. The van der Waals surface area contributed by atoms with E-state index in [1.54, 1.807) is 48.6 Å². The van der Waals surface area contributed by atoms with Crippen LogP contribution in [0.1, 0.15) is 11.4 Å². The molecule has 3 aromatic rings. The standard InChI is InChI=1S/C17H13BrN2O4/c1-23-14-9-10(8-12(18)16(14)22)6-7-15-19-17(24-20-15)11-4-2-3-5-13(11)21/h2-9,21-22H,1H3/b7-6+. The molecular weight excluding hydrogens is 376 g/mol. The van der Waals surface area contributed by atoms with E-state index in [1.165, 1.54) is 7.11 Å². The van der Waals surface area contributed by atoms with E-state index in [-0.39, 0.29) is 17.4 Å². The Labute approximate surface area is 146 Å². The zero-order valence-corrected chi connectivity index (χ0v) is 14.2. The lowest BCUT2D eigenvalue weighted by Crippen LogP contribution is -1.86. The van der Waals surface area contributed by atoms with E-state index in [9.17, 15) is 10.2 Å². The van der Waals surface area contributed by atoms with Gasteiger partial charge < -0.3 is 19.5 Å². The van der Waals surface area contributed by atoms with Crippen molar-refractivity contribution in [3.05, 3.63) is 52.3 Å². The smallest absolute Gasteiger partial charge is 0.261 e. The predicted molar refractivity (Wildman–Crippen MR) is 92.7 cm³/mol. The molecule has 0 saturated heterocycles. The third-order valence-electron chi connectivity index (χ3n) is 3.27. The van der Waals surface area contributed by atoms with E-state index in [1.807, 2.05) is 0 Å². The predicted octanol–water partition coefficient (Wildman–Crippen LogP) is 4.09. The van der Waals surface area contributed by atoms with Crippen molar-refractivity contribution in [1.82, 2.24) is 10.1 Å². The summed E-state index contributed by atoms with van der Waals surface area (Å²) in [6.07, 6.45) is 3.41. The van der Waals surface area contributed by atoms with Crippen molar-refractivity contribution >= 4 is 28.1 Å². The molecule has 0 unspecified atom stereocenters. The van der Waals surface area contributed by atoms with Crippen molar-refractivity contribution in [2.24, 2.45) is 0 Å². The van der Waals surface area contributed by atoms with Gasteiger partial charge in [0.2, 0.25) is 0 Å². The first-order valence-electron chi connectivity index (χ1n) is 6.95. The van der Waals surface area contributed by atoms with Crippen LogP contribution < -0.4 is 4.74 Å². The fourth-order valence-electron chi connectivity index (χ4n) is 2.08. The number of phenols is 2. The van der Waals surface area contributed by atoms with Crippen molar-refractivity contribution < 1.29 is 19.5 Å². The number of methoxy groups -OCH3 is 1. The number of halogens is 1. The molecule has 24 heavy (non-hydrogen) atoms. The first kappa shape index (κ1) is 16.1. The van der Waals surface area contributed by atoms with Gasteiger partial charge in [0, 0.05) is 0 Å². The molecule has 0 amide bonds. The molecule has 2 N–H and O–H groups in total. The normalized spacial score (nSPS) is 11.1. The quantitative estimate of drug-likeness (QED) is 0.699. The molecule has 0 aliphatic carbocycles. The van der Waals surface area contributed by atoms with Crippen LogP contribution in [-0.2, 0) is 0 Å². The molecule has 0 aliphatic rings. The second-order valence-electron chi connectivity index (χ2n) is 4.86. The molecule has 0 radical (unpaired) electrons. The van der Waals surface area contributed by atoms with Crippen molar-refractivity contribution in [2.45, 2.75) is 0 Å². The molecule has 3 rings (SSSR count). The first-order valence-corrected chi connectivity index (χ1v) is 7.74.